The fraction of sp³-hybridized carbons (Fsp3) is 0.800. The number of phosphoric acid groups is 1. The van der Waals surface area contributed by atoms with Crippen LogP contribution in [0.5, 0.6) is 0 Å². The van der Waals surface area contributed by atoms with Gasteiger partial charge in [-0.15, -0.1) is 0 Å². The standard InChI is InChI=1S/C20H38N3O10P/c1-16(24)30-14-18(33-17(2)25)15-32-34(28,29)31-13-12-23-20(27)9-5-4-8-19(26)22-11-7-3-6-10-21/h18H,3-15,21H2,1-2H3,(H,22,26)(H,23,27)(H,28,29). The molecule has 0 bridgehead atoms. The molecule has 0 aliphatic rings. The second kappa shape index (κ2) is 19.3. The van der Waals surface area contributed by atoms with Crippen LogP contribution in [-0.4, -0.2) is 74.2 Å². The Morgan fingerprint density at radius 3 is 2.03 bits per heavy atom. The number of nitrogens with one attached hydrogen (secondary N) is 2. The van der Waals surface area contributed by atoms with E-state index in [-0.39, 0.29) is 38.0 Å². The molecular formula is C20H38N3O10P. The van der Waals surface area contributed by atoms with Crippen molar-refractivity contribution in [3.8, 4) is 0 Å². The van der Waals surface area contributed by atoms with E-state index >= 15 is 0 Å². The predicted octanol–water partition coefficient (Wildman–Crippen LogP) is 0.537. The van der Waals surface area contributed by atoms with Gasteiger partial charge in [0, 0.05) is 39.8 Å². The lowest BCUT2D eigenvalue weighted by Crippen LogP contribution is -2.29. The highest BCUT2D eigenvalue weighted by Crippen LogP contribution is 2.43. The van der Waals surface area contributed by atoms with E-state index in [2.05, 4.69) is 10.6 Å². The summed E-state index contributed by atoms with van der Waals surface area (Å²) in [7, 11) is -4.48. The number of amides is 2. The number of rotatable bonds is 20. The molecule has 0 aliphatic heterocycles. The molecule has 0 heterocycles. The van der Waals surface area contributed by atoms with Crippen LogP contribution in [0.25, 0.3) is 0 Å². The Labute approximate surface area is 200 Å². The number of carbonyl (C=O) groups excluding carboxylic acids is 4. The molecule has 0 saturated carbocycles. The van der Waals surface area contributed by atoms with Crippen LogP contribution in [0.1, 0.15) is 58.8 Å². The predicted molar refractivity (Wildman–Crippen MR) is 121 cm³/mol. The Hall–Kier alpha value is -2.05. The molecule has 0 spiro atoms. The zero-order chi connectivity index (χ0) is 25.8. The van der Waals surface area contributed by atoms with Crippen molar-refractivity contribution in [2.75, 3.05) is 39.5 Å². The van der Waals surface area contributed by atoms with Gasteiger partial charge in [0.15, 0.2) is 6.10 Å². The molecule has 0 aliphatic carbocycles. The molecule has 198 valence electrons. The van der Waals surface area contributed by atoms with Gasteiger partial charge in [-0.25, -0.2) is 4.57 Å². The van der Waals surface area contributed by atoms with Gasteiger partial charge in [-0.05, 0) is 32.2 Å². The van der Waals surface area contributed by atoms with Gasteiger partial charge < -0.3 is 30.7 Å². The molecule has 0 rings (SSSR count). The van der Waals surface area contributed by atoms with Crippen LogP contribution in [-0.2, 0) is 42.3 Å². The van der Waals surface area contributed by atoms with Gasteiger partial charge in [0.05, 0.1) is 13.2 Å². The zero-order valence-electron chi connectivity index (χ0n) is 19.9. The third-order valence-corrected chi connectivity index (χ3v) is 5.15. The number of esters is 2. The number of carbonyl (C=O) groups is 4. The number of phosphoric ester groups is 1. The summed E-state index contributed by atoms with van der Waals surface area (Å²) in [5.74, 6) is -1.63. The number of nitrogens with two attached hydrogens (primary N) is 1. The van der Waals surface area contributed by atoms with E-state index in [0.717, 1.165) is 33.1 Å². The van der Waals surface area contributed by atoms with E-state index in [9.17, 15) is 28.6 Å². The fourth-order valence-electron chi connectivity index (χ4n) is 2.55. The highest BCUT2D eigenvalue weighted by atomic mass is 31.2. The van der Waals surface area contributed by atoms with Gasteiger partial charge in [0.1, 0.15) is 6.61 Å². The molecule has 0 aromatic carbocycles. The highest BCUT2D eigenvalue weighted by molar-refractivity contribution is 7.47. The van der Waals surface area contributed by atoms with Gasteiger partial charge in [0.2, 0.25) is 11.8 Å². The van der Waals surface area contributed by atoms with E-state index in [0.29, 0.717) is 32.4 Å². The largest absolute Gasteiger partial charge is 0.472 e. The topological polar surface area (TPSA) is 193 Å². The van der Waals surface area contributed by atoms with Gasteiger partial charge in [-0.3, -0.25) is 28.2 Å². The molecule has 13 nitrogen and oxygen atoms in total. The lowest BCUT2D eigenvalue weighted by molar-refractivity contribution is -0.158. The van der Waals surface area contributed by atoms with Crippen molar-refractivity contribution in [1.29, 1.82) is 0 Å². The van der Waals surface area contributed by atoms with Crippen molar-refractivity contribution in [2.45, 2.75) is 64.9 Å². The van der Waals surface area contributed by atoms with Gasteiger partial charge in [-0.2, -0.15) is 0 Å². The molecule has 2 atom stereocenters. The normalized spacial score (nSPS) is 13.4. The summed E-state index contributed by atoms with van der Waals surface area (Å²) in [6.45, 7) is 2.34. The van der Waals surface area contributed by atoms with Gasteiger partial charge in [0.25, 0.3) is 0 Å². The SMILES string of the molecule is CC(=O)OCC(COP(=O)(O)OCCNC(=O)CCCCC(=O)NCCCCCN)OC(C)=O. The van der Waals surface area contributed by atoms with E-state index < -0.39 is 32.5 Å². The third kappa shape index (κ3) is 20.5. The molecule has 2 unspecified atom stereocenters. The average Bonchev–Trinajstić information content (AvgIpc) is 2.75. The second-order valence-corrected chi connectivity index (χ2v) is 8.84. The smallest absolute Gasteiger partial charge is 0.462 e. The van der Waals surface area contributed by atoms with Crippen molar-refractivity contribution < 1.29 is 47.2 Å². The van der Waals surface area contributed by atoms with E-state index in [1.807, 2.05) is 0 Å². The van der Waals surface area contributed by atoms with Crippen LogP contribution in [0.4, 0.5) is 0 Å². The molecule has 0 fully saturated rings. The molecule has 0 aromatic heterocycles. The number of hydrogen-bond donors (Lipinski definition) is 4. The quantitative estimate of drug-likeness (QED) is 0.101. The first kappa shape index (κ1) is 31.9. The van der Waals surface area contributed by atoms with Crippen LogP contribution in [0.15, 0.2) is 0 Å². The highest BCUT2D eigenvalue weighted by Gasteiger charge is 2.25. The number of unbranched alkanes of at least 4 members (excludes halogenated alkanes) is 3. The Morgan fingerprint density at radius 1 is 0.853 bits per heavy atom. The first-order chi connectivity index (χ1) is 16.1. The van der Waals surface area contributed by atoms with Crippen LogP contribution >= 0.6 is 7.82 Å². The molecule has 5 N–H and O–H groups in total. The third-order valence-electron chi connectivity index (χ3n) is 4.17. The molecular weight excluding hydrogens is 473 g/mol. The maximum Gasteiger partial charge on any atom is 0.472 e. The van der Waals surface area contributed by atoms with Crippen LogP contribution in [0.3, 0.4) is 0 Å². The molecule has 0 radical (unpaired) electrons. The van der Waals surface area contributed by atoms with Crippen LogP contribution in [0, 0.1) is 0 Å². The fourth-order valence-corrected chi connectivity index (χ4v) is 3.30. The molecule has 0 saturated heterocycles. The lowest BCUT2D eigenvalue weighted by atomic mass is 10.1. The number of ether oxygens (including phenoxy) is 2. The maximum atomic E-state index is 11.9. The molecule has 34 heavy (non-hydrogen) atoms. The van der Waals surface area contributed by atoms with Crippen LogP contribution < -0.4 is 16.4 Å². The molecule has 2 amide bonds. The Kier molecular flexibility index (Phi) is 18.1. The van der Waals surface area contributed by atoms with Gasteiger partial charge >= 0.3 is 19.8 Å². The summed E-state index contributed by atoms with van der Waals surface area (Å²) in [5, 5.41) is 5.35. The summed E-state index contributed by atoms with van der Waals surface area (Å²) < 4.78 is 30.9. The summed E-state index contributed by atoms with van der Waals surface area (Å²) in [6.07, 6.45) is 3.35. The van der Waals surface area contributed by atoms with Crippen molar-refractivity contribution >= 4 is 31.6 Å². The minimum Gasteiger partial charge on any atom is -0.462 e. The summed E-state index contributed by atoms with van der Waals surface area (Å²) in [4.78, 5) is 55.1. The van der Waals surface area contributed by atoms with Gasteiger partial charge in [-0.1, -0.05) is 6.42 Å². The lowest BCUT2D eigenvalue weighted by Gasteiger charge is -2.18. The summed E-state index contributed by atoms with van der Waals surface area (Å²) >= 11 is 0. The van der Waals surface area contributed by atoms with E-state index in [1.54, 1.807) is 0 Å². The summed E-state index contributed by atoms with van der Waals surface area (Å²) in [6, 6.07) is 0. The van der Waals surface area contributed by atoms with E-state index in [1.165, 1.54) is 0 Å². The Bertz CT molecular complexity index is 677. The Morgan fingerprint density at radius 2 is 1.47 bits per heavy atom. The number of hydrogen-bond acceptors (Lipinski definition) is 10. The van der Waals surface area contributed by atoms with Crippen molar-refractivity contribution in [1.82, 2.24) is 10.6 Å². The molecule has 0 aromatic rings. The maximum absolute atomic E-state index is 11.9. The first-order valence-electron chi connectivity index (χ1n) is 11.2. The van der Waals surface area contributed by atoms with Crippen molar-refractivity contribution in [3.05, 3.63) is 0 Å². The minimum atomic E-state index is -4.48. The first-order valence-corrected chi connectivity index (χ1v) is 12.7. The Balaban J connectivity index is 3.94. The zero-order valence-corrected chi connectivity index (χ0v) is 20.8. The molecule has 14 heteroatoms. The second-order valence-electron chi connectivity index (χ2n) is 7.39. The van der Waals surface area contributed by atoms with E-state index in [4.69, 9.17) is 24.3 Å². The minimum absolute atomic E-state index is 0.0309. The summed E-state index contributed by atoms with van der Waals surface area (Å²) in [5.41, 5.74) is 5.40. The van der Waals surface area contributed by atoms with Crippen LogP contribution in [0.2, 0.25) is 0 Å². The van der Waals surface area contributed by atoms with Crippen molar-refractivity contribution in [2.24, 2.45) is 5.73 Å². The monoisotopic (exact) mass is 511 g/mol. The average molecular weight is 512 g/mol. The van der Waals surface area contributed by atoms with Crippen molar-refractivity contribution in [3.63, 3.8) is 0 Å².